The van der Waals surface area contributed by atoms with Crippen molar-refractivity contribution >= 4 is 16.0 Å². The Morgan fingerprint density at radius 3 is 2.30 bits per heavy atom. The zero-order chi connectivity index (χ0) is 22.1. The van der Waals surface area contributed by atoms with Gasteiger partial charge in [-0.1, -0.05) is 6.92 Å². The van der Waals surface area contributed by atoms with Crippen molar-refractivity contribution in [2.75, 3.05) is 66.8 Å². The van der Waals surface area contributed by atoms with E-state index in [1.165, 1.54) is 30.8 Å². The van der Waals surface area contributed by atoms with Crippen molar-refractivity contribution in [2.45, 2.75) is 24.8 Å². The molecule has 0 amide bonds. The third-order valence-corrected chi connectivity index (χ3v) is 6.59. The van der Waals surface area contributed by atoms with Gasteiger partial charge in [-0.15, -0.1) is 0 Å². The normalized spacial score (nSPS) is 16.0. The standard InChI is InChI=1S/C19H31N3O7S/c1-5-21-7-9-22(10-8-21)30(24,25)16-11-17(19(23)28-6-2)18(20-12-16)29-15(13-26-3)14-27-4/h11-12,15H,5-10,13-14H2,1-4H3. The summed E-state index contributed by atoms with van der Waals surface area (Å²) < 4.78 is 48.6. The van der Waals surface area contributed by atoms with Crippen molar-refractivity contribution in [2.24, 2.45) is 0 Å². The maximum atomic E-state index is 13.1. The highest BCUT2D eigenvalue weighted by atomic mass is 32.2. The summed E-state index contributed by atoms with van der Waals surface area (Å²) in [5, 5.41) is 0. The molecule has 170 valence electrons. The smallest absolute Gasteiger partial charge is 0.343 e. The van der Waals surface area contributed by atoms with E-state index in [-0.39, 0.29) is 36.2 Å². The summed E-state index contributed by atoms with van der Waals surface area (Å²) in [6.07, 6.45) is 0.682. The lowest BCUT2D eigenvalue weighted by Gasteiger charge is -2.33. The van der Waals surface area contributed by atoms with Gasteiger partial charge in [0.05, 0.1) is 26.0 Å². The van der Waals surface area contributed by atoms with E-state index in [0.717, 1.165) is 6.54 Å². The molecule has 1 aromatic rings. The molecular formula is C19H31N3O7S. The van der Waals surface area contributed by atoms with Gasteiger partial charge in [0.2, 0.25) is 15.9 Å². The second-order valence-electron chi connectivity index (χ2n) is 6.73. The molecule has 0 aromatic carbocycles. The monoisotopic (exact) mass is 445 g/mol. The van der Waals surface area contributed by atoms with E-state index < -0.39 is 22.1 Å². The van der Waals surface area contributed by atoms with Crippen LogP contribution in [0.3, 0.4) is 0 Å². The van der Waals surface area contributed by atoms with Crippen molar-refractivity contribution < 1.29 is 32.2 Å². The maximum absolute atomic E-state index is 13.1. The van der Waals surface area contributed by atoms with Crippen LogP contribution in [0.5, 0.6) is 5.88 Å². The van der Waals surface area contributed by atoms with E-state index in [0.29, 0.717) is 26.2 Å². The third kappa shape index (κ3) is 6.11. The van der Waals surface area contributed by atoms with E-state index in [1.807, 2.05) is 6.92 Å². The first kappa shape index (κ1) is 24.5. The molecule has 1 aliphatic rings. The Morgan fingerprint density at radius 2 is 1.77 bits per heavy atom. The SMILES string of the molecule is CCOC(=O)c1cc(S(=O)(=O)N2CCN(CC)CC2)cnc1OC(COC)COC. The molecule has 2 heterocycles. The van der Waals surface area contributed by atoms with E-state index in [1.54, 1.807) is 6.92 Å². The Balaban J connectivity index is 2.33. The van der Waals surface area contributed by atoms with Crippen molar-refractivity contribution in [3.8, 4) is 5.88 Å². The second-order valence-corrected chi connectivity index (χ2v) is 8.67. The number of ether oxygens (including phenoxy) is 4. The molecule has 0 radical (unpaired) electrons. The van der Waals surface area contributed by atoms with Crippen LogP contribution in [0.4, 0.5) is 0 Å². The van der Waals surface area contributed by atoms with E-state index in [4.69, 9.17) is 18.9 Å². The molecule has 0 unspecified atom stereocenters. The largest absolute Gasteiger partial charge is 0.469 e. The average Bonchev–Trinajstić information content (AvgIpc) is 2.74. The van der Waals surface area contributed by atoms with Gasteiger partial charge in [0.15, 0.2) is 0 Å². The number of piperazine rings is 1. The number of aromatic nitrogens is 1. The van der Waals surface area contributed by atoms with Crippen molar-refractivity contribution in [1.82, 2.24) is 14.2 Å². The molecule has 1 aliphatic heterocycles. The van der Waals surface area contributed by atoms with Gasteiger partial charge < -0.3 is 23.8 Å². The van der Waals surface area contributed by atoms with E-state index in [2.05, 4.69) is 9.88 Å². The number of hydrogen-bond acceptors (Lipinski definition) is 9. The summed E-state index contributed by atoms with van der Waals surface area (Å²) in [5.74, 6) is -0.733. The van der Waals surface area contributed by atoms with Gasteiger partial charge in [0.25, 0.3) is 0 Å². The molecule has 10 nitrogen and oxygen atoms in total. The van der Waals surface area contributed by atoms with Crippen molar-refractivity contribution in [1.29, 1.82) is 0 Å². The molecule has 0 saturated carbocycles. The number of nitrogens with zero attached hydrogens (tertiary/aromatic N) is 3. The fraction of sp³-hybridized carbons (Fsp3) is 0.684. The summed E-state index contributed by atoms with van der Waals surface area (Å²) in [6, 6.07) is 1.26. The molecule has 0 N–H and O–H groups in total. The van der Waals surface area contributed by atoms with Crippen molar-refractivity contribution in [3.63, 3.8) is 0 Å². The fourth-order valence-corrected chi connectivity index (χ4v) is 4.50. The first-order chi connectivity index (χ1) is 14.4. The van der Waals surface area contributed by atoms with E-state index >= 15 is 0 Å². The van der Waals surface area contributed by atoms with Crippen LogP contribution in [-0.2, 0) is 24.2 Å². The number of likely N-dealkylation sites (N-methyl/N-ethyl adjacent to an activating group) is 1. The number of carbonyl (C=O) groups excluding carboxylic acids is 1. The maximum Gasteiger partial charge on any atom is 0.343 e. The van der Waals surface area contributed by atoms with Crippen molar-refractivity contribution in [3.05, 3.63) is 17.8 Å². The minimum Gasteiger partial charge on any atom is -0.469 e. The minimum absolute atomic E-state index is 0.0256. The molecule has 0 atom stereocenters. The topological polar surface area (TPSA) is 108 Å². The first-order valence-electron chi connectivity index (χ1n) is 9.91. The number of pyridine rings is 1. The van der Waals surface area contributed by atoms with Crippen LogP contribution in [0.1, 0.15) is 24.2 Å². The van der Waals surface area contributed by atoms with Crippen LogP contribution >= 0.6 is 0 Å². The molecule has 0 aliphatic carbocycles. The minimum atomic E-state index is -3.80. The summed E-state index contributed by atoms with van der Waals surface area (Å²) in [4.78, 5) is 18.7. The van der Waals surface area contributed by atoms with Gasteiger partial charge in [-0.25, -0.2) is 18.2 Å². The van der Waals surface area contributed by atoms with Crippen LogP contribution in [0.15, 0.2) is 17.2 Å². The number of carbonyl (C=O) groups is 1. The molecule has 30 heavy (non-hydrogen) atoms. The summed E-state index contributed by atoms with van der Waals surface area (Å²) >= 11 is 0. The van der Waals surface area contributed by atoms with Gasteiger partial charge in [-0.05, 0) is 19.5 Å². The van der Waals surface area contributed by atoms with Crippen LogP contribution in [0.25, 0.3) is 0 Å². The molecule has 1 fully saturated rings. The Bertz CT molecular complexity index is 789. The fourth-order valence-electron chi connectivity index (χ4n) is 3.10. The number of hydrogen-bond donors (Lipinski definition) is 0. The Hall–Kier alpha value is -1.79. The lowest BCUT2D eigenvalue weighted by Crippen LogP contribution is -2.48. The molecule has 1 saturated heterocycles. The number of sulfonamides is 1. The Morgan fingerprint density at radius 1 is 1.13 bits per heavy atom. The Labute approximate surface area is 178 Å². The Kier molecular flexibility index (Phi) is 9.43. The zero-order valence-corrected chi connectivity index (χ0v) is 18.8. The van der Waals surface area contributed by atoms with Crippen LogP contribution < -0.4 is 4.74 Å². The summed E-state index contributed by atoms with van der Waals surface area (Å²) in [6.45, 7) is 7.21. The van der Waals surface area contributed by atoms with Crippen LogP contribution in [0.2, 0.25) is 0 Å². The zero-order valence-electron chi connectivity index (χ0n) is 18.0. The highest BCUT2D eigenvalue weighted by Gasteiger charge is 2.30. The van der Waals surface area contributed by atoms with Gasteiger partial charge in [-0.2, -0.15) is 4.31 Å². The predicted molar refractivity (Wildman–Crippen MR) is 109 cm³/mol. The van der Waals surface area contributed by atoms with Gasteiger partial charge in [-0.3, -0.25) is 0 Å². The number of rotatable bonds is 11. The lowest BCUT2D eigenvalue weighted by molar-refractivity contribution is 0.0203. The average molecular weight is 446 g/mol. The molecule has 11 heteroatoms. The molecule has 0 spiro atoms. The first-order valence-corrected chi connectivity index (χ1v) is 11.4. The molecule has 0 bridgehead atoms. The van der Waals surface area contributed by atoms with Gasteiger partial charge in [0.1, 0.15) is 16.6 Å². The summed E-state index contributed by atoms with van der Waals surface area (Å²) in [5.41, 5.74) is -0.0534. The quantitative estimate of drug-likeness (QED) is 0.453. The molecule has 2 rings (SSSR count). The molecule has 1 aromatic heterocycles. The highest BCUT2D eigenvalue weighted by molar-refractivity contribution is 7.89. The van der Waals surface area contributed by atoms with Crippen LogP contribution in [0, 0.1) is 0 Å². The summed E-state index contributed by atoms with van der Waals surface area (Å²) in [7, 11) is -0.772. The predicted octanol–water partition coefficient (Wildman–Crippen LogP) is 0.625. The number of esters is 1. The highest BCUT2D eigenvalue weighted by Crippen LogP contribution is 2.25. The van der Waals surface area contributed by atoms with Crippen LogP contribution in [-0.4, -0.2) is 101 Å². The lowest BCUT2D eigenvalue weighted by atomic mass is 10.2. The second kappa shape index (κ2) is 11.6. The van der Waals surface area contributed by atoms with Gasteiger partial charge >= 0.3 is 5.97 Å². The third-order valence-electron chi connectivity index (χ3n) is 4.72. The molecular weight excluding hydrogens is 414 g/mol. The number of methoxy groups -OCH3 is 2. The van der Waals surface area contributed by atoms with E-state index in [9.17, 15) is 13.2 Å². The van der Waals surface area contributed by atoms with Gasteiger partial charge in [0, 0.05) is 40.4 Å².